The molecular formula is C12H15N3S. The third-order valence-electron chi connectivity index (χ3n) is 3.22. The Morgan fingerprint density at radius 1 is 1.50 bits per heavy atom. The van der Waals surface area contributed by atoms with E-state index >= 15 is 0 Å². The number of nitrogens with one attached hydrogen (secondary N) is 1. The van der Waals surface area contributed by atoms with Crippen molar-refractivity contribution >= 4 is 11.3 Å². The van der Waals surface area contributed by atoms with Crippen LogP contribution in [0.25, 0.3) is 10.6 Å². The molecule has 0 aliphatic heterocycles. The van der Waals surface area contributed by atoms with Crippen molar-refractivity contribution in [2.75, 3.05) is 0 Å². The zero-order valence-corrected chi connectivity index (χ0v) is 10.1. The summed E-state index contributed by atoms with van der Waals surface area (Å²) in [5.41, 5.74) is 8.07. The predicted octanol–water partition coefficient (Wildman–Crippen LogP) is 2.65. The Bertz CT molecular complexity index is 480. The highest BCUT2D eigenvalue weighted by molar-refractivity contribution is 7.13. The Morgan fingerprint density at radius 2 is 2.31 bits per heavy atom. The summed E-state index contributed by atoms with van der Waals surface area (Å²) in [6, 6.07) is 4.55. The van der Waals surface area contributed by atoms with E-state index in [0.717, 1.165) is 30.1 Å². The number of nitrogens with zero attached hydrogens (tertiary/aromatic N) is 1. The van der Waals surface area contributed by atoms with Gasteiger partial charge in [0, 0.05) is 17.7 Å². The van der Waals surface area contributed by atoms with Crippen LogP contribution in [0.5, 0.6) is 0 Å². The molecule has 1 fully saturated rings. The van der Waals surface area contributed by atoms with Crippen LogP contribution < -0.4 is 5.73 Å². The minimum Gasteiger partial charge on any atom is -0.345 e. The average Bonchev–Trinajstić information content (AvgIpc) is 2.81. The zero-order valence-electron chi connectivity index (χ0n) is 9.23. The number of aromatic amines is 1. The molecule has 0 amide bonds. The van der Waals surface area contributed by atoms with Gasteiger partial charge in [0.05, 0.1) is 4.88 Å². The van der Waals surface area contributed by atoms with Gasteiger partial charge in [0.1, 0.15) is 11.5 Å². The molecule has 1 saturated carbocycles. The van der Waals surface area contributed by atoms with Crippen LogP contribution in [0.4, 0.5) is 0 Å². The largest absolute Gasteiger partial charge is 0.345 e. The molecule has 3 N–H and O–H groups in total. The van der Waals surface area contributed by atoms with Crippen molar-refractivity contribution in [1.29, 1.82) is 0 Å². The molecule has 2 aromatic rings. The van der Waals surface area contributed by atoms with Crippen molar-refractivity contribution in [2.45, 2.75) is 31.7 Å². The van der Waals surface area contributed by atoms with Crippen LogP contribution in [0.1, 0.15) is 30.3 Å². The number of aryl methyl sites for hydroxylation is 1. The second-order valence-corrected chi connectivity index (χ2v) is 5.45. The van der Waals surface area contributed by atoms with Gasteiger partial charge < -0.3 is 10.7 Å². The monoisotopic (exact) mass is 233 g/mol. The highest BCUT2D eigenvalue weighted by atomic mass is 32.1. The fourth-order valence-corrected chi connectivity index (χ4v) is 2.99. The van der Waals surface area contributed by atoms with Crippen molar-refractivity contribution in [3.63, 3.8) is 0 Å². The van der Waals surface area contributed by atoms with E-state index in [-0.39, 0.29) is 0 Å². The van der Waals surface area contributed by atoms with Gasteiger partial charge in [-0.05, 0) is 31.2 Å². The average molecular weight is 233 g/mol. The fraction of sp³-hybridized carbons (Fsp3) is 0.417. The van der Waals surface area contributed by atoms with Crippen LogP contribution in [-0.2, 0) is 0 Å². The molecule has 0 atom stereocenters. The Kier molecular flexibility index (Phi) is 2.33. The fourth-order valence-electron chi connectivity index (χ4n) is 2.22. The first-order valence-electron chi connectivity index (χ1n) is 5.60. The number of hydrogen-bond acceptors (Lipinski definition) is 3. The number of nitrogens with two attached hydrogens (primary N) is 1. The third-order valence-corrected chi connectivity index (χ3v) is 4.10. The number of rotatable bonds is 2. The van der Waals surface area contributed by atoms with Gasteiger partial charge in [-0.25, -0.2) is 4.98 Å². The van der Waals surface area contributed by atoms with Gasteiger partial charge in [-0.1, -0.05) is 6.07 Å². The smallest absolute Gasteiger partial charge is 0.110 e. The van der Waals surface area contributed by atoms with Crippen molar-refractivity contribution in [3.8, 4) is 10.6 Å². The van der Waals surface area contributed by atoms with Crippen LogP contribution in [0.15, 0.2) is 17.5 Å². The van der Waals surface area contributed by atoms with Gasteiger partial charge in [-0.3, -0.25) is 0 Å². The van der Waals surface area contributed by atoms with E-state index in [0.29, 0.717) is 12.0 Å². The molecule has 4 heteroatoms. The van der Waals surface area contributed by atoms with Gasteiger partial charge in [0.2, 0.25) is 0 Å². The van der Waals surface area contributed by atoms with E-state index in [1.54, 1.807) is 11.3 Å². The number of H-pyrrole nitrogens is 1. The number of aromatic nitrogens is 2. The predicted molar refractivity (Wildman–Crippen MR) is 66.6 cm³/mol. The maximum Gasteiger partial charge on any atom is 0.110 e. The first kappa shape index (κ1) is 10.1. The molecule has 0 aromatic carbocycles. The molecule has 1 aliphatic rings. The number of imidazole rings is 1. The molecule has 3 rings (SSSR count). The lowest BCUT2D eigenvalue weighted by Gasteiger charge is -2.30. The minimum absolute atomic E-state index is 0.376. The molecule has 0 unspecified atom stereocenters. The van der Waals surface area contributed by atoms with Crippen LogP contribution in [-0.4, -0.2) is 16.0 Å². The highest BCUT2D eigenvalue weighted by Gasteiger charge is 2.30. The van der Waals surface area contributed by atoms with E-state index in [9.17, 15) is 0 Å². The third kappa shape index (κ3) is 1.58. The van der Waals surface area contributed by atoms with Gasteiger partial charge in [-0.15, -0.1) is 11.3 Å². The molecule has 0 bridgehead atoms. The van der Waals surface area contributed by atoms with Crippen molar-refractivity contribution in [1.82, 2.24) is 9.97 Å². The quantitative estimate of drug-likeness (QED) is 0.837. The van der Waals surface area contributed by atoms with E-state index in [2.05, 4.69) is 29.4 Å². The zero-order chi connectivity index (χ0) is 11.1. The summed E-state index contributed by atoms with van der Waals surface area (Å²) in [6.07, 6.45) is 2.13. The molecular weight excluding hydrogens is 218 g/mol. The Morgan fingerprint density at radius 3 is 2.94 bits per heavy atom. The molecule has 16 heavy (non-hydrogen) atoms. The first-order chi connectivity index (χ1) is 7.74. The molecule has 0 radical (unpaired) electrons. The molecule has 0 spiro atoms. The van der Waals surface area contributed by atoms with Gasteiger partial charge in [0.25, 0.3) is 0 Å². The maximum absolute atomic E-state index is 5.81. The summed E-state index contributed by atoms with van der Waals surface area (Å²) in [6.45, 7) is 2.09. The normalized spacial score (nSPS) is 24.4. The van der Waals surface area contributed by atoms with Crippen LogP contribution in [0, 0.1) is 6.92 Å². The summed E-state index contributed by atoms with van der Waals surface area (Å²) in [4.78, 5) is 9.34. The van der Waals surface area contributed by atoms with Gasteiger partial charge in [0.15, 0.2) is 0 Å². The summed E-state index contributed by atoms with van der Waals surface area (Å²) in [5.74, 6) is 1.66. The Hall–Kier alpha value is -1.13. The van der Waals surface area contributed by atoms with E-state index in [1.165, 1.54) is 4.88 Å². The lowest BCUT2D eigenvalue weighted by Crippen LogP contribution is -2.35. The second kappa shape index (κ2) is 3.71. The highest BCUT2D eigenvalue weighted by Crippen LogP contribution is 2.36. The Balaban J connectivity index is 1.91. The summed E-state index contributed by atoms with van der Waals surface area (Å²) < 4.78 is 0. The van der Waals surface area contributed by atoms with Crippen molar-refractivity contribution < 1.29 is 0 Å². The van der Waals surface area contributed by atoms with Gasteiger partial charge in [-0.2, -0.15) is 0 Å². The summed E-state index contributed by atoms with van der Waals surface area (Å²) in [5, 5.41) is 2.09. The summed E-state index contributed by atoms with van der Waals surface area (Å²) >= 11 is 1.73. The first-order valence-corrected chi connectivity index (χ1v) is 6.48. The minimum atomic E-state index is 0.376. The molecule has 3 nitrogen and oxygen atoms in total. The van der Waals surface area contributed by atoms with E-state index in [4.69, 9.17) is 10.7 Å². The lowest BCUT2D eigenvalue weighted by atomic mass is 9.80. The molecule has 0 saturated heterocycles. The molecule has 2 aromatic heterocycles. The van der Waals surface area contributed by atoms with E-state index < -0.39 is 0 Å². The van der Waals surface area contributed by atoms with Crippen LogP contribution >= 0.6 is 11.3 Å². The number of hydrogen-bond donors (Lipinski definition) is 2. The van der Waals surface area contributed by atoms with E-state index in [1.807, 2.05) is 0 Å². The molecule has 84 valence electrons. The summed E-state index contributed by atoms with van der Waals surface area (Å²) in [7, 11) is 0. The Labute approximate surface area is 98.7 Å². The lowest BCUT2D eigenvalue weighted by molar-refractivity contribution is 0.340. The SMILES string of the molecule is Cc1[nH]c(C2CC(N)C2)nc1-c1cccs1. The van der Waals surface area contributed by atoms with Gasteiger partial charge >= 0.3 is 0 Å². The second-order valence-electron chi connectivity index (χ2n) is 4.50. The maximum atomic E-state index is 5.81. The topological polar surface area (TPSA) is 54.7 Å². The van der Waals surface area contributed by atoms with Crippen molar-refractivity contribution in [3.05, 3.63) is 29.0 Å². The molecule has 1 aliphatic carbocycles. The number of thiophene rings is 1. The van der Waals surface area contributed by atoms with Crippen molar-refractivity contribution in [2.24, 2.45) is 5.73 Å². The molecule has 2 heterocycles. The standard InChI is InChI=1S/C12H15N3S/c1-7-11(10-3-2-4-16-10)15-12(14-7)8-5-9(13)6-8/h2-4,8-9H,5-6,13H2,1H3,(H,14,15). The van der Waals surface area contributed by atoms with Crippen LogP contribution in [0.2, 0.25) is 0 Å². The van der Waals surface area contributed by atoms with Crippen LogP contribution in [0.3, 0.4) is 0 Å².